The minimum Gasteiger partial charge on any atom is -0.478 e. The Labute approximate surface area is 203 Å². The Hall–Kier alpha value is -3.51. The molecule has 4 aromatic rings. The number of nitrogens with zero attached hydrogens (tertiary/aromatic N) is 2. The van der Waals surface area contributed by atoms with E-state index in [-0.39, 0.29) is 0 Å². The van der Waals surface area contributed by atoms with Gasteiger partial charge in [0.25, 0.3) is 6.01 Å². The first-order valence-electron chi connectivity index (χ1n) is 11.2. The van der Waals surface area contributed by atoms with Crippen LogP contribution in [0.25, 0.3) is 11.1 Å². The Balaban J connectivity index is 1.51. The summed E-state index contributed by atoms with van der Waals surface area (Å²) in [6.45, 7) is 4.40. The zero-order valence-corrected chi connectivity index (χ0v) is 20.0. The van der Waals surface area contributed by atoms with Gasteiger partial charge in [0.15, 0.2) is 11.2 Å². The highest BCUT2D eigenvalue weighted by molar-refractivity contribution is 6.30. The Bertz CT molecular complexity index is 1230. The van der Waals surface area contributed by atoms with Crippen molar-refractivity contribution in [3.05, 3.63) is 88.9 Å². The van der Waals surface area contributed by atoms with Crippen LogP contribution >= 0.6 is 11.6 Å². The highest BCUT2D eigenvalue weighted by Crippen LogP contribution is 2.27. The van der Waals surface area contributed by atoms with Gasteiger partial charge >= 0.3 is 5.97 Å². The summed E-state index contributed by atoms with van der Waals surface area (Å²) in [5, 5.41) is 10.1. The van der Waals surface area contributed by atoms with E-state index in [2.05, 4.69) is 9.88 Å². The van der Waals surface area contributed by atoms with Crippen LogP contribution < -0.4 is 9.64 Å². The zero-order valence-electron chi connectivity index (χ0n) is 19.2. The predicted molar refractivity (Wildman–Crippen MR) is 134 cm³/mol. The van der Waals surface area contributed by atoms with Crippen molar-refractivity contribution >= 4 is 34.7 Å². The summed E-state index contributed by atoms with van der Waals surface area (Å²) in [5.74, 6) is -0.423. The molecule has 0 atom stereocenters. The van der Waals surface area contributed by atoms with Gasteiger partial charge in [0.05, 0.1) is 0 Å². The third-order valence-electron chi connectivity index (χ3n) is 5.57. The van der Waals surface area contributed by atoms with Crippen LogP contribution in [0.5, 0.6) is 5.75 Å². The number of hydrogen-bond acceptors (Lipinski definition) is 5. The maximum Gasteiger partial charge on any atom is 0.347 e. The summed E-state index contributed by atoms with van der Waals surface area (Å²) in [6, 6.07) is 23.6. The van der Waals surface area contributed by atoms with E-state index < -0.39 is 11.6 Å². The first-order chi connectivity index (χ1) is 16.3. The van der Waals surface area contributed by atoms with Crippen LogP contribution in [0.4, 0.5) is 6.01 Å². The number of anilines is 1. The van der Waals surface area contributed by atoms with E-state index >= 15 is 0 Å². The lowest BCUT2D eigenvalue weighted by atomic mass is 10.1. The van der Waals surface area contributed by atoms with E-state index in [1.165, 1.54) is 0 Å². The van der Waals surface area contributed by atoms with Crippen molar-refractivity contribution in [2.24, 2.45) is 0 Å². The molecule has 4 rings (SSSR count). The molecule has 0 aliphatic carbocycles. The van der Waals surface area contributed by atoms with Gasteiger partial charge in [-0.05, 0) is 68.1 Å². The quantitative estimate of drug-likeness (QED) is 0.285. The summed E-state index contributed by atoms with van der Waals surface area (Å²) in [5.41, 5.74) is 2.30. The molecule has 7 heteroatoms. The number of aromatic nitrogens is 1. The maximum absolute atomic E-state index is 11.5. The number of halogens is 1. The average molecular weight is 479 g/mol. The number of aliphatic carboxylic acids is 1. The number of carboxylic acid groups (broad SMARTS) is 1. The Kier molecular flexibility index (Phi) is 7.08. The van der Waals surface area contributed by atoms with E-state index in [9.17, 15) is 9.90 Å². The Morgan fingerprint density at radius 2 is 1.76 bits per heavy atom. The van der Waals surface area contributed by atoms with Gasteiger partial charge in [0.2, 0.25) is 0 Å². The van der Waals surface area contributed by atoms with Gasteiger partial charge in [-0.15, -0.1) is 0 Å². The van der Waals surface area contributed by atoms with E-state index in [0.717, 1.165) is 28.6 Å². The summed E-state index contributed by atoms with van der Waals surface area (Å²) < 4.78 is 11.9. The lowest BCUT2D eigenvalue weighted by Crippen LogP contribution is -2.38. The van der Waals surface area contributed by atoms with Crippen molar-refractivity contribution in [1.29, 1.82) is 0 Å². The van der Waals surface area contributed by atoms with Gasteiger partial charge in [-0.3, -0.25) is 0 Å². The number of hydrogen-bond donors (Lipinski definition) is 1. The maximum atomic E-state index is 11.5. The lowest BCUT2D eigenvalue weighted by molar-refractivity contribution is -0.152. The number of carbonyl (C=O) groups is 1. The smallest absolute Gasteiger partial charge is 0.347 e. The van der Waals surface area contributed by atoms with Crippen molar-refractivity contribution in [3.8, 4) is 5.75 Å². The topological polar surface area (TPSA) is 75.8 Å². The van der Waals surface area contributed by atoms with Crippen LogP contribution in [0.15, 0.2) is 77.2 Å². The molecule has 0 spiro atoms. The Morgan fingerprint density at radius 3 is 2.50 bits per heavy atom. The first kappa shape index (κ1) is 23.6. The number of rotatable bonds is 10. The molecular weight excluding hydrogens is 452 g/mol. The predicted octanol–water partition coefficient (Wildman–Crippen LogP) is 6.36. The van der Waals surface area contributed by atoms with Gasteiger partial charge in [-0.1, -0.05) is 54.1 Å². The van der Waals surface area contributed by atoms with Crippen LogP contribution in [-0.4, -0.2) is 28.2 Å². The summed E-state index contributed by atoms with van der Waals surface area (Å²) in [6.07, 6.45) is 1.50. The van der Waals surface area contributed by atoms with Crippen LogP contribution in [0.3, 0.4) is 0 Å². The van der Waals surface area contributed by atoms with Crippen molar-refractivity contribution in [2.45, 2.75) is 38.8 Å². The number of aryl methyl sites for hydroxylation is 1. The fourth-order valence-electron chi connectivity index (χ4n) is 3.64. The molecule has 0 saturated carbocycles. The number of carboxylic acids is 1. The lowest BCUT2D eigenvalue weighted by Gasteiger charge is -2.24. The van der Waals surface area contributed by atoms with Crippen LogP contribution in [-0.2, 0) is 17.8 Å². The highest BCUT2D eigenvalue weighted by atomic mass is 35.5. The van der Waals surface area contributed by atoms with Crippen molar-refractivity contribution in [1.82, 2.24) is 4.98 Å². The largest absolute Gasteiger partial charge is 0.478 e. The van der Waals surface area contributed by atoms with E-state index in [0.29, 0.717) is 36.3 Å². The molecule has 34 heavy (non-hydrogen) atoms. The standard InChI is InChI=1S/C27H27ClN2O4/c1-27(2,25(31)32)34-23-11-5-3-8-20(23)9-7-17-30(18-19-13-15-21(28)16-14-19)26-29-22-10-4-6-12-24(22)33-26/h3-6,8,10-16H,7,9,17-18H2,1-2H3,(H,31,32). The highest BCUT2D eigenvalue weighted by Gasteiger charge is 2.30. The number of para-hydroxylation sites is 3. The first-order valence-corrected chi connectivity index (χ1v) is 11.5. The van der Waals surface area contributed by atoms with E-state index in [1.54, 1.807) is 13.8 Å². The summed E-state index contributed by atoms with van der Waals surface area (Å²) in [4.78, 5) is 18.3. The molecule has 1 heterocycles. The molecule has 0 unspecified atom stereocenters. The zero-order chi connectivity index (χ0) is 24.1. The Morgan fingerprint density at radius 1 is 1.06 bits per heavy atom. The van der Waals surface area contributed by atoms with Gasteiger partial charge in [-0.25, -0.2) is 4.79 Å². The number of ether oxygens (including phenoxy) is 1. The number of fused-ring (bicyclic) bond motifs is 1. The molecule has 0 amide bonds. The fourth-order valence-corrected chi connectivity index (χ4v) is 3.76. The van der Waals surface area contributed by atoms with Gasteiger partial charge in [0, 0.05) is 18.1 Å². The van der Waals surface area contributed by atoms with E-state index in [4.69, 9.17) is 20.8 Å². The van der Waals surface area contributed by atoms with Crippen LogP contribution in [0.1, 0.15) is 31.4 Å². The molecule has 1 N–H and O–H groups in total. The second kappa shape index (κ2) is 10.2. The monoisotopic (exact) mass is 478 g/mol. The van der Waals surface area contributed by atoms with Crippen LogP contribution in [0, 0.1) is 0 Å². The van der Waals surface area contributed by atoms with Gasteiger partial charge < -0.3 is 19.2 Å². The third-order valence-corrected chi connectivity index (χ3v) is 5.82. The van der Waals surface area contributed by atoms with Crippen molar-refractivity contribution in [3.63, 3.8) is 0 Å². The normalized spacial score (nSPS) is 11.5. The molecule has 0 fully saturated rings. The second-order valence-corrected chi connectivity index (χ2v) is 9.08. The number of oxazole rings is 1. The number of benzene rings is 3. The summed E-state index contributed by atoms with van der Waals surface area (Å²) in [7, 11) is 0. The fraction of sp³-hybridized carbons (Fsp3) is 0.259. The molecule has 3 aromatic carbocycles. The van der Waals surface area contributed by atoms with E-state index in [1.807, 2.05) is 72.8 Å². The SMILES string of the molecule is CC(C)(Oc1ccccc1CCCN(Cc1ccc(Cl)cc1)c1nc2ccccc2o1)C(=O)O. The molecule has 0 saturated heterocycles. The molecular formula is C27H27ClN2O4. The van der Waals surface area contributed by atoms with Gasteiger partial charge in [0.1, 0.15) is 11.3 Å². The molecule has 0 aliphatic rings. The molecule has 176 valence electrons. The van der Waals surface area contributed by atoms with Crippen LogP contribution in [0.2, 0.25) is 5.02 Å². The van der Waals surface area contributed by atoms with Gasteiger partial charge in [-0.2, -0.15) is 4.98 Å². The van der Waals surface area contributed by atoms with Crippen molar-refractivity contribution in [2.75, 3.05) is 11.4 Å². The molecule has 0 radical (unpaired) electrons. The molecule has 0 aliphatic heterocycles. The molecule has 6 nitrogen and oxygen atoms in total. The minimum atomic E-state index is -1.31. The average Bonchev–Trinajstić information content (AvgIpc) is 3.25. The molecule has 0 bridgehead atoms. The minimum absolute atomic E-state index is 0.563. The second-order valence-electron chi connectivity index (χ2n) is 8.64. The summed E-state index contributed by atoms with van der Waals surface area (Å²) >= 11 is 6.06. The molecule has 1 aromatic heterocycles. The van der Waals surface area contributed by atoms with Crippen molar-refractivity contribution < 1.29 is 19.1 Å². The third kappa shape index (κ3) is 5.69.